The van der Waals surface area contributed by atoms with Gasteiger partial charge in [0.1, 0.15) is 13.2 Å². The molecule has 1 aliphatic heterocycles. The molecule has 0 spiro atoms. The molecule has 4 heteroatoms. The van der Waals surface area contributed by atoms with Crippen molar-refractivity contribution in [1.29, 1.82) is 0 Å². The van der Waals surface area contributed by atoms with Crippen LogP contribution in [0.1, 0.15) is 6.92 Å². The molecule has 3 nitrogen and oxygen atoms in total. The molecule has 1 rings (SSSR count). The summed E-state index contributed by atoms with van der Waals surface area (Å²) in [5.41, 5.74) is 0.0223. The highest BCUT2D eigenvalue weighted by atomic mass is 127. The largest absolute Gasteiger partial charge is 0.508 e. The molecule has 0 N–H and O–H groups in total. The first-order chi connectivity index (χ1) is 4.66. The summed E-state index contributed by atoms with van der Waals surface area (Å²) in [6, 6.07) is 0. The molecule has 0 amide bonds. The molecule has 0 saturated carbocycles. The van der Waals surface area contributed by atoms with Gasteiger partial charge < -0.3 is 9.47 Å². The molecule has 0 atom stereocenters. The number of cyclic esters (lactones) is 2. The van der Waals surface area contributed by atoms with Gasteiger partial charge in [-0.3, -0.25) is 0 Å². The lowest BCUT2D eigenvalue weighted by Gasteiger charge is -2.29. The number of alkyl halides is 1. The summed E-state index contributed by atoms with van der Waals surface area (Å²) in [4.78, 5) is 10.4. The maximum absolute atomic E-state index is 10.4. The van der Waals surface area contributed by atoms with E-state index >= 15 is 0 Å². The van der Waals surface area contributed by atoms with Crippen LogP contribution in [0.2, 0.25) is 0 Å². The van der Waals surface area contributed by atoms with E-state index in [0.29, 0.717) is 13.2 Å². The molecule has 0 aliphatic carbocycles. The number of rotatable bonds is 1. The Morgan fingerprint density at radius 1 is 1.60 bits per heavy atom. The normalized spacial score (nSPS) is 23.2. The predicted octanol–water partition coefficient (Wildman–Crippen LogP) is 1.59. The maximum atomic E-state index is 10.4. The van der Waals surface area contributed by atoms with Gasteiger partial charge in [0.05, 0.1) is 0 Å². The van der Waals surface area contributed by atoms with E-state index in [2.05, 4.69) is 22.6 Å². The van der Waals surface area contributed by atoms with E-state index in [1.165, 1.54) is 0 Å². The van der Waals surface area contributed by atoms with Crippen molar-refractivity contribution in [1.82, 2.24) is 0 Å². The highest BCUT2D eigenvalue weighted by Crippen LogP contribution is 2.24. The van der Waals surface area contributed by atoms with E-state index in [9.17, 15) is 4.79 Å². The number of hydrogen-bond donors (Lipinski definition) is 0. The number of ether oxygens (including phenoxy) is 2. The lowest BCUT2D eigenvalue weighted by molar-refractivity contribution is -0.0414. The van der Waals surface area contributed by atoms with E-state index in [1.807, 2.05) is 6.92 Å². The fraction of sp³-hybridized carbons (Fsp3) is 0.833. The van der Waals surface area contributed by atoms with Crippen molar-refractivity contribution in [3.05, 3.63) is 0 Å². The van der Waals surface area contributed by atoms with Gasteiger partial charge >= 0.3 is 6.16 Å². The quantitative estimate of drug-likeness (QED) is 0.406. The summed E-state index contributed by atoms with van der Waals surface area (Å²) in [5.74, 6) is 0. The van der Waals surface area contributed by atoms with E-state index in [1.54, 1.807) is 0 Å². The Labute approximate surface area is 73.2 Å². The first-order valence-corrected chi connectivity index (χ1v) is 4.54. The lowest BCUT2D eigenvalue weighted by Crippen LogP contribution is -2.38. The molecule has 0 aromatic rings. The maximum Gasteiger partial charge on any atom is 0.508 e. The Kier molecular flexibility index (Phi) is 2.38. The second-order valence-electron chi connectivity index (χ2n) is 2.77. The SMILES string of the molecule is CC1(CI)COC(=O)OC1. The molecule has 0 bridgehead atoms. The monoisotopic (exact) mass is 256 g/mol. The molecular formula is C6H9IO3. The summed E-state index contributed by atoms with van der Waals surface area (Å²) in [6.07, 6.45) is -0.540. The van der Waals surface area contributed by atoms with Crippen LogP contribution in [0.15, 0.2) is 0 Å². The second kappa shape index (κ2) is 2.94. The van der Waals surface area contributed by atoms with Crippen molar-refractivity contribution >= 4 is 28.7 Å². The lowest BCUT2D eigenvalue weighted by atomic mass is 9.96. The smallest absolute Gasteiger partial charge is 0.434 e. The molecule has 1 heterocycles. The standard InChI is InChI=1S/C6H9IO3/c1-6(2-7)3-9-5(8)10-4-6/h2-4H2,1H3. The molecule has 0 aromatic heterocycles. The third-order valence-electron chi connectivity index (χ3n) is 1.40. The molecule has 10 heavy (non-hydrogen) atoms. The number of carbonyl (C=O) groups is 1. The molecule has 0 aromatic carbocycles. The van der Waals surface area contributed by atoms with E-state index in [4.69, 9.17) is 9.47 Å². The minimum Gasteiger partial charge on any atom is -0.434 e. The summed E-state index contributed by atoms with van der Waals surface area (Å²) < 4.78 is 10.4. The first-order valence-electron chi connectivity index (χ1n) is 3.02. The topological polar surface area (TPSA) is 35.5 Å². The molecule has 1 fully saturated rings. The average Bonchev–Trinajstić information content (AvgIpc) is 1.96. The third kappa shape index (κ3) is 1.74. The zero-order chi connectivity index (χ0) is 7.61. The van der Waals surface area contributed by atoms with Crippen LogP contribution in [0.25, 0.3) is 0 Å². The van der Waals surface area contributed by atoms with E-state index < -0.39 is 6.16 Å². The Morgan fingerprint density at radius 2 is 2.10 bits per heavy atom. The summed E-state index contributed by atoms with van der Waals surface area (Å²) in [7, 11) is 0. The van der Waals surface area contributed by atoms with Gasteiger partial charge in [0.25, 0.3) is 0 Å². The number of hydrogen-bond acceptors (Lipinski definition) is 3. The molecule has 0 unspecified atom stereocenters. The molecular weight excluding hydrogens is 247 g/mol. The van der Waals surface area contributed by atoms with Crippen molar-refractivity contribution in [2.45, 2.75) is 6.92 Å². The summed E-state index contributed by atoms with van der Waals surface area (Å²) in [6.45, 7) is 3.00. The van der Waals surface area contributed by atoms with Gasteiger partial charge in [-0.25, -0.2) is 4.79 Å². The van der Waals surface area contributed by atoms with Crippen LogP contribution in [-0.4, -0.2) is 23.8 Å². The minimum atomic E-state index is -0.540. The molecule has 1 saturated heterocycles. The highest BCUT2D eigenvalue weighted by Gasteiger charge is 2.31. The van der Waals surface area contributed by atoms with Crippen molar-refractivity contribution in [2.24, 2.45) is 5.41 Å². The first kappa shape index (κ1) is 8.10. The zero-order valence-corrected chi connectivity index (χ0v) is 7.88. The summed E-state index contributed by atoms with van der Waals surface area (Å²) in [5, 5.41) is 0. The van der Waals surface area contributed by atoms with Crippen LogP contribution in [0.5, 0.6) is 0 Å². The summed E-state index contributed by atoms with van der Waals surface area (Å²) >= 11 is 2.26. The van der Waals surface area contributed by atoms with Crippen molar-refractivity contribution in [3.63, 3.8) is 0 Å². The molecule has 1 aliphatic rings. The fourth-order valence-electron chi connectivity index (χ4n) is 0.627. The number of carbonyl (C=O) groups excluding carboxylic acids is 1. The van der Waals surface area contributed by atoms with E-state index in [-0.39, 0.29) is 5.41 Å². The van der Waals surface area contributed by atoms with Gasteiger partial charge in [0, 0.05) is 9.84 Å². The Hall–Kier alpha value is 0. The highest BCUT2D eigenvalue weighted by molar-refractivity contribution is 14.1. The predicted molar refractivity (Wildman–Crippen MR) is 44.3 cm³/mol. The molecule has 0 radical (unpaired) electrons. The van der Waals surface area contributed by atoms with Crippen LogP contribution in [0, 0.1) is 5.41 Å². The Balaban J connectivity index is 2.46. The average molecular weight is 256 g/mol. The van der Waals surface area contributed by atoms with Crippen LogP contribution in [0.4, 0.5) is 4.79 Å². The van der Waals surface area contributed by atoms with Crippen molar-refractivity contribution < 1.29 is 14.3 Å². The zero-order valence-electron chi connectivity index (χ0n) is 5.72. The van der Waals surface area contributed by atoms with Gasteiger partial charge in [0.2, 0.25) is 0 Å². The fourth-order valence-corrected chi connectivity index (χ4v) is 1.07. The second-order valence-corrected chi connectivity index (χ2v) is 3.53. The van der Waals surface area contributed by atoms with E-state index in [0.717, 1.165) is 4.43 Å². The van der Waals surface area contributed by atoms with Crippen LogP contribution >= 0.6 is 22.6 Å². The minimum absolute atomic E-state index is 0.0223. The van der Waals surface area contributed by atoms with Crippen molar-refractivity contribution in [3.8, 4) is 0 Å². The molecule has 58 valence electrons. The Morgan fingerprint density at radius 3 is 2.50 bits per heavy atom. The van der Waals surface area contributed by atoms with Crippen LogP contribution in [0.3, 0.4) is 0 Å². The van der Waals surface area contributed by atoms with Gasteiger partial charge in [0.15, 0.2) is 0 Å². The van der Waals surface area contributed by atoms with Gasteiger partial charge in [-0.15, -0.1) is 0 Å². The van der Waals surface area contributed by atoms with Gasteiger partial charge in [-0.1, -0.05) is 29.5 Å². The Bertz CT molecular complexity index is 136. The van der Waals surface area contributed by atoms with Gasteiger partial charge in [-0.05, 0) is 0 Å². The van der Waals surface area contributed by atoms with Crippen LogP contribution < -0.4 is 0 Å². The third-order valence-corrected chi connectivity index (χ3v) is 3.24. The van der Waals surface area contributed by atoms with Crippen LogP contribution in [-0.2, 0) is 9.47 Å². The number of halogens is 1. The van der Waals surface area contributed by atoms with Gasteiger partial charge in [-0.2, -0.15) is 0 Å². The van der Waals surface area contributed by atoms with Crippen molar-refractivity contribution in [2.75, 3.05) is 17.6 Å².